The molecular weight excluding hydrogens is 385 g/mol. The molecule has 0 aromatic heterocycles. The van der Waals surface area contributed by atoms with Crippen molar-refractivity contribution in [2.75, 3.05) is 39.3 Å². The topological polar surface area (TPSA) is 60.9 Å². The van der Waals surface area contributed by atoms with Gasteiger partial charge in [-0.25, -0.2) is 4.39 Å². The molecule has 2 saturated heterocycles. The third-order valence-corrected chi connectivity index (χ3v) is 5.70. The summed E-state index contributed by atoms with van der Waals surface area (Å²) in [7, 11) is 0. The Bertz CT molecular complexity index is 765. The Labute approximate surface area is 168 Å². The van der Waals surface area contributed by atoms with Gasteiger partial charge in [-0.3, -0.25) is 14.4 Å². The van der Waals surface area contributed by atoms with Crippen molar-refractivity contribution in [2.45, 2.75) is 12.8 Å². The summed E-state index contributed by atoms with van der Waals surface area (Å²) in [4.78, 5) is 42.0. The Hall–Kier alpha value is -2.41. The van der Waals surface area contributed by atoms with Crippen molar-refractivity contribution in [1.29, 1.82) is 0 Å². The van der Waals surface area contributed by atoms with Gasteiger partial charge in [0.25, 0.3) is 5.91 Å². The van der Waals surface area contributed by atoms with Gasteiger partial charge in [0.15, 0.2) is 0 Å². The molecule has 0 spiro atoms. The highest BCUT2D eigenvalue weighted by atomic mass is 35.5. The van der Waals surface area contributed by atoms with E-state index in [1.165, 1.54) is 29.2 Å². The molecule has 1 aromatic carbocycles. The second-order valence-corrected chi connectivity index (χ2v) is 7.43. The molecular formula is C20H23ClFN3O3. The van der Waals surface area contributed by atoms with Crippen molar-refractivity contribution in [3.63, 3.8) is 0 Å². The zero-order valence-corrected chi connectivity index (χ0v) is 16.3. The van der Waals surface area contributed by atoms with E-state index in [0.717, 1.165) is 0 Å². The Kier molecular flexibility index (Phi) is 6.34. The number of hydrogen-bond acceptors (Lipinski definition) is 3. The van der Waals surface area contributed by atoms with E-state index in [1.807, 2.05) is 0 Å². The molecule has 0 saturated carbocycles. The minimum atomic E-state index is -0.642. The van der Waals surface area contributed by atoms with Crippen molar-refractivity contribution in [1.82, 2.24) is 14.7 Å². The Morgan fingerprint density at radius 1 is 1.00 bits per heavy atom. The highest BCUT2D eigenvalue weighted by Crippen LogP contribution is 2.23. The molecule has 2 aliphatic rings. The Morgan fingerprint density at radius 2 is 1.61 bits per heavy atom. The van der Waals surface area contributed by atoms with Crippen LogP contribution >= 0.6 is 11.6 Å². The standard InChI is InChI=1S/C20H23ClFN3O3/c1-2-17(26)23-8-6-14(7-9-23)19(27)24-10-12-25(13-11-24)20(28)18-15(21)4-3-5-16(18)22/h2-5,14H,1,6-13H2. The van der Waals surface area contributed by atoms with Crippen LogP contribution in [0.25, 0.3) is 0 Å². The van der Waals surface area contributed by atoms with E-state index in [1.54, 1.807) is 9.80 Å². The summed E-state index contributed by atoms with van der Waals surface area (Å²) in [5.74, 6) is -1.26. The van der Waals surface area contributed by atoms with Crippen LogP contribution in [0.5, 0.6) is 0 Å². The predicted octanol–water partition coefficient (Wildman–Crippen LogP) is 2.19. The SMILES string of the molecule is C=CC(=O)N1CCC(C(=O)N2CCN(C(=O)c3c(F)cccc3Cl)CC2)CC1. The van der Waals surface area contributed by atoms with Gasteiger partial charge in [-0.1, -0.05) is 24.2 Å². The summed E-state index contributed by atoms with van der Waals surface area (Å²) < 4.78 is 14.0. The minimum absolute atomic E-state index is 0.0572. The van der Waals surface area contributed by atoms with Gasteiger partial charge < -0.3 is 14.7 Å². The first kappa shape index (κ1) is 20.3. The molecule has 2 aliphatic heterocycles. The zero-order valence-electron chi connectivity index (χ0n) is 15.6. The number of benzene rings is 1. The van der Waals surface area contributed by atoms with E-state index in [9.17, 15) is 18.8 Å². The Morgan fingerprint density at radius 3 is 2.18 bits per heavy atom. The van der Waals surface area contributed by atoms with Gasteiger partial charge in [0, 0.05) is 45.2 Å². The summed E-state index contributed by atoms with van der Waals surface area (Å²) in [6.45, 7) is 6.06. The lowest BCUT2D eigenvalue weighted by Gasteiger charge is -2.38. The molecule has 28 heavy (non-hydrogen) atoms. The highest BCUT2D eigenvalue weighted by Gasteiger charge is 2.33. The monoisotopic (exact) mass is 407 g/mol. The molecule has 0 aliphatic carbocycles. The van der Waals surface area contributed by atoms with E-state index >= 15 is 0 Å². The maximum atomic E-state index is 14.0. The molecule has 2 fully saturated rings. The summed E-state index contributed by atoms with van der Waals surface area (Å²) >= 11 is 5.98. The van der Waals surface area contributed by atoms with E-state index in [-0.39, 0.29) is 28.3 Å². The number of likely N-dealkylation sites (tertiary alicyclic amines) is 1. The summed E-state index contributed by atoms with van der Waals surface area (Å²) in [6.07, 6.45) is 2.55. The third kappa shape index (κ3) is 4.19. The van der Waals surface area contributed by atoms with Crippen LogP contribution in [-0.2, 0) is 9.59 Å². The molecule has 0 radical (unpaired) electrons. The Balaban J connectivity index is 1.54. The fourth-order valence-corrected chi connectivity index (χ4v) is 3.97. The van der Waals surface area contributed by atoms with Gasteiger partial charge in [-0.05, 0) is 31.1 Å². The highest BCUT2D eigenvalue weighted by molar-refractivity contribution is 6.33. The third-order valence-electron chi connectivity index (χ3n) is 5.39. The molecule has 6 nitrogen and oxygen atoms in total. The fourth-order valence-electron chi connectivity index (χ4n) is 3.72. The predicted molar refractivity (Wildman–Crippen MR) is 103 cm³/mol. The molecule has 8 heteroatoms. The van der Waals surface area contributed by atoms with Crippen LogP contribution in [-0.4, -0.2) is 71.7 Å². The molecule has 1 aromatic rings. The van der Waals surface area contributed by atoms with Crippen molar-refractivity contribution < 1.29 is 18.8 Å². The van der Waals surface area contributed by atoms with Crippen LogP contribution in [0, 0.1) is 11.7 Å². The number of piperidine rings is 1. The second-order valence-electron chi connectivity index (χ2n) is 7.02. The number of piperazine rings is 1. The van der Waals surface area contributed by atoms with Gasteiger partial charge >= 0.3 is 0 Å². The fraction of sp³-hybridized carbons (Fsp3) is 0.450. The first-order valence-corrected chi connectivity index (χ1v) is 9.73. The molecule has 0 bridgehead atoms. The number of nitrogens with zero attached hydrogens (tertiary/aromatic N) is 3. The van der Waals surface area contributed by atoms with Crippen LogP contribution < -0.4 is 0 Å². The number of halogens is 2. The summed E-state index contributed by atoms with van der Waals surface area (Å²) in [5, 5.41) is 0.0873. The second kappa shape index (κ2) is 8.73. The molecule has 0 atom stereocenters. The average Bonchev–Trinajstić information content (AvgIpc) is 2.72. The van der Waals surface area contributed by atoms with Crippen LogP contribution in [0.1, 0.15) is 23.2 Å². The lowest BCUT2D eigenvalue weighted by Crippen LogP contribution is -2.53. The van der Waals surface area contributed by atoms with Crippen molar-refractivity contribution in [2.24, 2.45) is 5.92 Å². The lowest BCUT2D eigenvalue weighted by atomic mass is 9.95. The zero-order chi connectivity index (χ0) is 20.3. The average molecular weight is 408 g/mol. The minimum Gasteiger partial charge on any atom is -0.339 e. The lowest BCUT2D eigenvalue weighted by molar-refractivity contribution is -0.140. The smallest absolute Gasteiger partial charge is 0.258 e. The number of amides is 3. The molecule has 150 valence electrons. The van der Waals surface area contributed by atoms with E-state index in [2.05, 4.69) is 6.58 Å². The van der Waals surface area contributed by atoms with Crippen LogP contribution in [0.4, 0.5) is 4.39 Å². The van der Waals surface area contributed by atoms with Crippen molar-refractivity contribution >= 4 is 29.3 Å². The maximum absolute atomic E-state index is 14.0. The first-order chi connectivity index (χ1) is 13.4. The van der Waals surface area contributed by atoms with Crippen LogP contribution in [0.2, 0.25) is 5.02 Å². The number of carbonyl (C=O) groups excluding carboxylic acids is 3. The molecule has 3 rings (SSSR count). The number of carbonyl (C=O) groups is 3. The molecule has 3 amide bonds. The van der Waals surface area contributed by atoms with Gasteiger partial charge in [0.05, 0.1) is 10.6 Å². The van der Waals surface area contributed by atoms with E-state index < -0.39 is 11.7 Å². The van der Waals surface area contributed by atoms with Gasteiger partial charge in [0.1, 0.15) is 5.82 Å². The van der Waals surface area contributed by atoms with Crippen LogP contribution in [0.15, 0.2) is 30.9 Å². The molecule has 2 heterocycles. The van der Waals surface area contributed by atoms with Crippen LogP contribution in [0.3, 0.4) is 0 Å². The summed E-state index contributed by atoms with van der Waals surface area (Å²) in [6, 6.07) is 4.16. The van der Waals surface area contributed by atoms with Crippen molar-refractivity contribution in [3.05, 3.63) is 47.3 Å². The van der Waals surface area contributed by atoms with Gasteiger partial charge in [-0.15, -0.1) is 0 Å². The van der Waals surface area contributed by atoms with Crippen molar-refractivity contribution in [3.8, 4) is 0 Å². The normalized spacial score (nSPS) is 18.1. The summed E-state index contributed by atoms with van der Waals surface area (Å²) in [5.41, 5.74) is -0.122. The number of rotatable bonds is 3. The maximum Gasteiger partial charge on any atom is 0.258 e. The van der Waals surface area contributed by atoms with Gasteiger partial charge in [0.2, 0.25) is 11.8 Å². The molecule has 0 N–H and O–H groups in total. The van der Waals surface area contributed by atoms with Gasteiger partial charge in [-0.2, -0.15) is 0 Å². The molecule has 0 unspecified atom stereocenters. The van der Waals surface area contributed by atoms with E-state index in [4.69, 9.17) is 11.6 Å². The van der Waals surface area contributed by atoms with E-state index in [0.29, 0.717) is 52.1 Å². The first-order valence-electron chi connectivity index (χ1n) is 9.35. The number of hydrogen-bond donors (Lipinski definition) is 0. The largest absolute Gasteiger partial charge is 0.339 e. The quantitative estimate of drug-likeness (QED) is 0.721.